The molecule has 1 N–H and O–H groups in total. The van der Waals surface area contributed by atoms with Gasteiger partial charge in [0.1, 0.15) is 5.52 Å². The van der Waals surface area contributed by atoms with Crippen LogP contribution in [0.1, 0.15) is 18.6 Å². The summed E-state index contributed by atoms with van der Waals surface area (Å²) >= 11 is 0. The maximum absolute atomic E-state index is 11.0. The molecule has 82 valence electrons. The van der Waals surface area contributed by atoms with Crippen molar-refractivity contribution in [1.29, 1.82) is 0 Å². The number of nitrogens with zero attached hydrogens (tertiary/aromatic N) is 2. The van der Waals surface area contributed by atoms with E-state index in [1.165, 1.54) is 13.1 Å². The first-order valence-corrected chi connectivity index (χ1v) is 4.81. The van der Waals surface area contributed by atoms with Crippen LogP contribution in [0.15, 0.2) is 30.5 Å². The fourth-order valence-electron chi connectivity index (χ4n) is 1.67. The summed E-state index contributed by atoms with van der Waals surface area (Å²) in [6.45, 7) is 1.50. The summed E-state index contributed by atoms with van der Waals surface area (Å²) in [6, 6.07) is 6.75. The maximum atomic E-state index is 11.0. The Bertz CT molecular complexity index is 552. The average molecular weight is 218 g/mol. The van der Waals surface area contributed by atoms with E-state index in [0.29, 0.717) is 10.9 Å². The van der Waals surface area contributed by atoms with Crippen LogP contribution < -0.4 is 0 Å². The summed E-state index contributed by atoms with van der Waals surface area (Å²) in [6.07, 6.45) is 0.619. The predicted molar refractivity (Wildman–Crippen MR) is 59.0 cm³/mol. The van der Waals surface area contributed by atoms with Gasteiger partial charge in [-0.2, -0.15) is 0 Å². The van der Waals surface area contributed by atoms with Gasteiger partial charge in [-0.1, -0.05) is 12.1 Å². The zero-order valence-corrected chi connectivity index (χ0v) is 8.62. The molecule has 5 nitrogen and oxygen atoms in total. The molecule has 0 bridgehead atoms. The zero-order valence-electron chi connectivity index (χ0n) is 8.62. The number of pyridine rings is 1. The van der Waals surface area contributed by atoms with Crippen molar-refractivity contribution in [3.05, 3.63) is 46.1 Å². The monoisotopic (exact) mass is 218 g/mol. The number of nitro benzene ring substituents is 1. The highest BCUT2D eigenvalue weighted by atomic mass is 16.6. The first kappa shape index (κ1) is 10.5. The fraction of sp³-hybridized carbons (Fsp3) is 0.182. The molecule has 0 radical (unpaired) electrons. The third-order valence-corrected chi connectivity index (χ3v) is 2.41. The van der Waals surface area contributed by atoms with Crippen molar-refractivity contribution in [2.75, 3.05) is 0 Å². The van der Waals surface area contributed by atoms with Crippen LogP contribution in [0.5, 0.6) is 0 Å². The molecule has 1 unspecified atom stereocenters. The van der Waals surface area contributed by atoms with E-state index in [0.717, 1.165) is 0 Å². The molecule has 2 aromatic rings. The molecule has 1 heterocycles. The Labute approximate surface area is 91.5 Å². The van der Waals surface area contributed by atoms with E-state index in [1.807, 2.05) is 0 Å². The Morgan fingerprint density at radius 2 is 2.19 bits per heavy atom. The van der Waals surface area contributed by atoms with Gasteiger partial charge in [-0.15, -0.1) is 0 Å². The van der Waals surface area contributed by atoms with E-state index in [-0.39, 0.29) is 11.3 Å². The summed E-state index contributed by atoms with van der Waals surface area (Å²) in [4.78, 5) is 14.5. The molecule has 1 atom stereocenters. The van der Waals surface area contributed by atoms with Crippen molar-refractivity contribution >= 4 is 16.6 Å². The Balaban J connectivity index is 2.84. The molecule has 0 saturated carbocycles. The second kappa shape index (κ2) is 3.86. The minimum atomic E-state index is -0.883. The van der Waals surface area contributed by atoms with Crippen LogP contribution in [-0.4, -0.2) is 15.0 Å². The summed E-state index contributed by atoms with van der Waals surface area (Å²) in [5, 5.41) is 21.2. The molecule has 0 aliphatic rings. The number of aliphatic hydroxyl groups is 1. The number of fused-ring (bicyclic) bond motifs is 1. The van der Waals surface area contributed by atoms with Gasteiger partial charge >= 0.3 is 5.69 Å². The highest BCUT2D eigenvalue weighted by molar-refractivity contribution is 5.88. The molecule has 0 amide bonds. The van der Waals surface area contributed by atoms with Gasteiger partial charge in [-0.3, -0.25) is 10.1 Å². The molecule has 0 fully saturated rings. The van der Waals surface area contributed by atoms with Crippen LogP contribution in [0.4, 0.5) is 5.69 Å². The zero-order chi connectivity index (χ0) is 11.7. The average Bonchev–Trinajstić information content (AvgIpc) is 2.27. The first-order chi connectivity index (χ1) is 7.61. The molecule has 5 heteroatoms. The van der Waals surface area contributed by atoms with Crippen LogP contribution in [0.2, 0.25) is 0 Å². The summed E-state index contributed by atoms with van der Waals surface area (Å²) < 4.78 is 0. The largest absolute Gasteiger partial charge is 0.388 e. The number of hydrogen-bond acceptors (Lipinski definition) is 4. The smallest absolute Gasteiger partial charge is 0.301 e. The van der Waals surface area contributed by atoms with Crippen LogP contribution in [-0.2, 0) is 0 Å². The van der Waals surface area contributed by atoms with Gasteiger partial charge in [0.05, 0.1) is 16.6 Å². The van der Waals surface area contributed by atoms with Crippen molar-refractivity contribution in [1.82, 2.24) is 4.98 Å². The number of aliphatic hydroxyl groups excluding tert-OH is 1. The lowest BCUT2D eigenvalue weighted by Gasteiger charge is -2.07. The lowest BCUT2D eigenvalue weighted by atomic mass is 10.0. The summed E-state index contributed by atoms with van der Waals surface area (Å²) in [7, 11) is 0. The maximum Gasteiger partial charge on any atom is 0.301 e. The second-order valence-corrected chi connectivity index (χ2v) is 3.51. The highest BCUT2D eigenvalue weighted by Crippen LogP contribution is 2.31. The van der Waals surface area contributed by atoms with Crippen molar-refractivity contribution in [3.8, 4) is 0 Å². The van der Waals surface area contributed by atoms with Crippen LogP contribution >= 0.6 is 0 Å². The molecule has 0 aliphatic carbocycles. The number of rotatable bonds is 2. The number of benzene rings is 1. The van der Waals surface area contributed by atoms with Gasteiger partial charge in [0.2, 0.25) is 0 Å². The van der Waals surface area contributed by atoms with Gasteiger partial charge in [-0.05, 0) is 19.1 Å². The molecule has 0 aliphatic heterocycles. The topological polar surface area (TPSA) is 76.3 Å². The Morgan fingerprint density at radius 3 is 2.81 bits per heavy atom. The standard InChI is InChI=1S/C11H10N2O3/c1-7(14)9-5-4-8-3-2-6-12-10(8)11(9)13(15)16/h2-7,14H,1H3. The third-order valence-electron chi connectivity index (χ3n) is 2.41. The molecule has 16 heavy (non-hydrogen) atoms. The molecular weight excluding hydrogens is 208 g/mol. The number of nitro groups is 1. The lowest BCUT2D eigenvalue weighted by molar-refractivity contribution is -0.384. The Hall–Kier alpha value is -2.01. The molecule has 0 spiro atoms. The van der Waals surface area contributed by atoms with Crippen LogP contribution in [0, 0.1) is 10.1 Å². The Morgan fingerprint density at radius 1 is 1.44 bits per heavy atom. The van der Waals surface area contributed by atoms with Crippen molar-refractivity contribution in [2.24, 2.45) is 0 Å². The van der Waals surface area contributed by atoms with E-state index >= 15 is 0 Å². The SMILES string of the molecule is CC(O)c1ccc2cccnc2c1[N+](=O)[O-]. The first-order valence-electron chi connectivity index (χ1n) is 4.81. The van der Waals surface area contributed by atoms with Gasteiger partial charge in [0, 0.05) is 11.6 Å². The normalized spacial score (nSPS) is 12.6. The van der Waals surface area contributed by atoms with E-state index in [1.54, 1.807) is 24.3 Å². The van der Waals surface area contributed by atoms with E-state index in [4.69, 9.17) is 0 Å². The molecule has 2 rings (SSSR count). The molecule has 1 aromatic heterocycles. The number of hydrogen-bond donors (Lipinski definition) is 1. The minimum Gasteiger partial charge on any atom is -0.388 e. The van der Waals surface area contributed by atoms with E-state index in [2.05, 4.69) is 4.98 Å². The second-order valence-electron chi connectivity index (χ2n) is 3.51. The lowest BCUT2D eigenvalue weighted by Crippen LogP contribution is -2.00. The van der Waals surface area contributed by atoms with E-state index < -0.39 is 11.0 Å². The van der Waals surface area contributed by atoms with E-state index in [9.17, 15) is 15.2 Å². The van der Waals surface area contributed by atoms with Crippen molar-refractivity contribution < 1.29 is 10.0 Å². The quantitative estimate of drug-likeness (QED) is 0.619. The molecule has 1 aromatic carbocycles. The van der Waals surface area contributed by atoms with Gasteiger partial charge in [0.25, 0.3) is 0 Å². The van der Waals surface area contributed by atoms with Gasteiger partial charge < -0.3 is 5.11 Å². The molecular formula is C11H10N2O3. The van der Waals surface area contributed by atoms with Crippen molar-refractivity contribution in [2.45, 2.75) is 13.0 Å². The summed E-state index contributed by atoms with van der Waals surface area (Å²) in [5.74, 6) is 0. The van der Waals surface area contributed by atoms with Crippen LogP contribution in [0.3, 0.4) is 0 Å². The Kier molecular flexibility index (Phi) is 2.54. The predicted octanol–water partition coefficient (Wildman–Crippen LogP) is 2.20. The highest BCUT2D eigenvalue weighted by Gasteiger charge is 2.21. The van der Waals surface area contributed by atoms with Gasteiger partial charge in [-0.25, -0.2) is 4.98 Å². The van der Waals surface area contributed by atoms with Gasteiger partial charge in [0.15, 0.2) is 0 Å². The molecule has 0 saturated heterocycles. The van der Waals surface area contributed by atoms with Crippen molar-refractivity contribution in [3.63, 3.8) is 0 Å². The fourth-order valence-corrected chi connectivity index (χ4v) is 1.67. The summed E-state index contributed by atoms with van der Waals surface area (Å²) in [5.41, 5.74) is 0.482. The minimum absolute atomic E-state index is 0.117. The number of aromatic nitrogens is 1. The van der Waals surface area contributed by atoms with Crippen LogP contribution in [0.25, 0.3) is 10.9 Å². The third kappa shape index (κ3) is 1.61.